The molecule has 1 aliphatic heterocycles. The summed E-state index contributed by atoms with van der Waals surface area (Å²) in [7, 11) is 0. The molecule has 1 saturated heterocycles. The minimum absolute atomic E-state index is 0.0594. The maximum Gasteiger partial charge on any atom is 0.317 e. The van der Waals surface area contributed by atoms with E-state index in [0.29, 0.717) is 6.54 Å². The van der Waals surface area contributed by atoms with E-state index in [4.69, 9.17) is 5.11 Å². The first-order valence-electron chi connectivity index (χ1n) is 5.30. The Morgan fingerprint density at radius 1 is 1.47 bits per heavy atom. The highest BCUT2D eigenvalue weighted by Crippen LogP contribution is 2.15. The molecular weight excluding hydrogens is 196 g/mol. The monoisotopic (exact) mass is 214 g/mol. The highest BCUT2D eigenvalue weighted by Gasteiger charge is 2.23. The maximum absolute atomic E-state index is 10.8. The number of carboxylic acids is 1. The highest BCUT2D eigenvalue weighted by molar-refractivity contribution is 5.72. The topological polar surface area (TPSA) is 69.6 Å². The normalized spacial score (nSPS) is 22.3. The van der Waals surface area contributed by atoms with Crippen LogP contribution in [0.15, 0.2) is 0 Å². The maximum atomic E-state index is 10.8. The largest absolute Gasteiger partial charge is 0.480 e. The van der Waals surface area contributed by atoms with Crippen molar-refractivity contribution in [3.05, 3.63) is 0 Å². The Morgan fingerprint density at radius 2 is 2.20 bits per heavy atom. The van der Waals surface area contributed by atoms with E-state index < -0.39 is 5.97 Å². The zero-order valence-electron chi connectivity index (χ0n) is 9.03. The minimum atomic E-state index is -0.801. The van der Waals surface area contributed by atoms with Crippen LogP contribution in [0, 0.1) is 0 Å². The Hall–Kier alpha value is -1.10. The fourth-order valence-corrected chi connectivity index (χ4v) is 1.93. The molecule has 1 atom stereocenters. The smallest absolute Gasteiger partial charge is 0.317 e. The Kier molecular flexibility index (Phi) is 4.55. The average molecular weight is 214 g/mol. The number of carbonyl (C=O) groups is 2. The van der Waals surface area contributed by atoms with Crippen LogP contribution in [0.1, 0.15) is 26.2 Å². The molecular formula is C10H18N2O3. The Bertz CT molecular complexity index is 243. The number of carbonyl (C=O) groups excluding carboxylic acids is 1. The number of piperidine rings is 1. The van der Waals surface area contributed by atoms with Crippen molar-refractivity contribution in [2.75, 3.05) is 19.6 Å². The van der Waals surface area contributed by atoms with Gasteiger partial charge in [-0.1, -0.05) is 6.42 Å². The second-order valence-corrected chi connectivity index (χ2v) is 3.95. The molecule has 0 saturated carbocycles. The van der Waals surface area contributed by atoms with Crippen LogP contribution in [0.5, 0.6) is 0 Å². The number of amides is 1. The van der Waals surface area contributed by atoms with E-state index in [2.05, 4.69) is 5.32 Å². The molecule has 0 unspecified atom stereocenters. The van der Waals surface area contributed by atoms with Crippen LogP contribution in [0.3, 0.4) is 0 Å². The van der Waals surface area contributed by atoms with Crippen molar-refractivity contribution < 1.29 is 14.7 Å². The molecule has 86 valence electrons. The van der Waals surface area contributed by atoms with E-state index in [1.807, 2.05) is 4.90 Å². The third-order valence-electron chi connectivity index (χ3n) is 2.67. The lowest BCUT2D eigenvalue weighted by Crippen LogP contribution is -2.48. The first kappa shape index (κ1) is 12.0. The van der Waals surface area contributed by atoms with E-state index in [9.17, 15) is 9.59 Å². The number of hydrogen-bond acceptors (Lipinski definition) is 3. The molecule has 1 heterocycles. The van der Waals surface area contributed by atoms with Gasteiger partial charge in [0.2, 0.25) is 5.91 Å². The van der Waals surface area contributed by atoms with Gasteiger partial charge in [-0.2, -0.15) is 0 Å². The summed E-state index contributed by atoms with van der Waals surface area (Å²) < 4.78 is 0. The second kappa shape index (κ2) is 5.70. The van der Waals surface area contributed by atoms with Crippen LogP contribution < -0.4 is 5.32 Å². The number of nitrogens with zero attached hydrogens (tertiary/aromatic N) is 1. The third-order valence-corrected chi connectivity index (χ3v) is 2.67. The molecule has 1 rings (SSSR count). The van der Waals surface area contributed by atoms with Crippen molar-refractivity contribution in [3.63, 3.8) is 0 Å². The van der Waals surface area contributed by atoms with Crippen LogP contribution in [0.4, 0.5) is 0 Å². The fraction of sp³-hybridized carbons (Fsp3) is 0.800. The van der Waals surface area contributed by atoms with Crippen LogP contribution >= 0.6 is 0 Å². The molecule has 0 bridgehead atoms. The lowest BCUT2D eigenvalue weighted by Gasteiger charge is -2.34. The lowest BCUT2D eigenvalue weighted by atomic mass is 10.0. The van der Waals surface area contributed by atoms with Gasteiger partial charge in [0.05, 0.1) is 6.54 Å². The molecule has 0 aliphatic carbocycles. The quantitative estimate of drug-likeness (QED) is 0.694. The van der Waals surface area contributed by atoms with Gasteiger partial charge >= 0.3 is 5.97 Å². The summed E-state index contributed by atoms with van der Waals surface area (Å²) in [5.41, 5.74) is 0. The van der Waals surface area contributed by atoms with E-state index in [1.54, 1.807) is 0 Å². The van der Waals surface area contributed by atoms with Crippen LogP contribution in [-0.2, 0) is 9.59 Å². The second-order valence-electron chi connectivity index (χ2n) is 3.95. The van der Waals surface area contributed by atoms with Crippen molar-refractivity contribution in [3.8, 4) is 0 Å². The zero-order valence-corrected chi connectivity index (χ0v) is 9.03. The van der Waals surface area contributed by atoms with Gasteiger partial charge in [0.25, 0.3) is 0 Å². The van der Waals surface area contributed by atoms with Crippen LogP contribution in [0.25, 0.3) is 0 Å². The van der Waals surface area contributed by atoms with Crippen molar-refractivity contribution >= 4 is 11.9 Å². The van der Waals surface area contributed by atoms with Crippen molar-refractivity contribution in [2.24, 2.45) is 0 Å². The lowest BCUT2D eigenvalue weighted by molar-refractivity contribution is -0.139. The summed E-state index contributed by atoms with van der Waals surface area (Å²) in [5, 5.41) is 11.5. The fourth-order valence-electron chi connectivity index (χ4n) is 1.93. The van der Waals surface area contributed by atoms with E-state index in [-0.39, 0.29) is 18.5 Å². The standard InChI is InChI=1S/C10H18N2O3/c1-8(13)11-6-9-4-2-3-5-12(9)7-10(14)15/h9H,2-7H2,1H3,(H,11,13)(H,14,15)/t9-/m0/s1. The van der Waals surface area contributed by atoms with E-state index >= 15 is 0 Å². The SMILES string of the molecule is CC(=O)NC[C@@H]1CCCCN1CC(=O)O. The van der Waals surface area contributed by atoms with Crippen molar-refractivity contribution in [1.82, 2.24) is 10.2 Å². The first-order chi connectivity index (χ1) is 7.09. The Labute approximate surface area is 89.4 Å². The third kappa shape index (κ3) is 4.29. The predicted octanol–water partition coefficient (Wildman–Crippen LogP) is 0.0616. The zero-order chi connectivity index (χ0) is 11.3. The number of nitrogens with one attached hydrogen (secondary N) is 1. The van der Waals surface area contributed by atoms with E-state index in [1.165, 1.54) is 6.92 Å². The molecule has 15 heavy (non-hydrogen) atoms. The summed E-state index contributed by atoms with van der Waals surface area (Å²) in [6, 6.07) is 0.179. The van der Waals surface area contributed by atoms with Gasteiger partial charge in [-0.25, -0.2) is 0 Å². The van der Waals surface area contributed by atoms with Crippen molar-refractivity contribution in [1.29, 1.82) is 0 Å². The summed E-state index contributed by atoms with van der Waals surface area (Å²) in [5.74, 6) is -0.861. The molecule has 2 N–H and O–H groups in total. The summed E-state index contributed by atoms with van der Waals surface area (Å²) in [6.07, 6.45) is 3.12. The average Bonchev–Trinajstić information content (AvgIpc) is 2.15. The number of likely N-dealkylation sites (tertiary alicyclic amines) is 1. The van der Waals surface area contributed by atoms with Gasteiger partial charge in [-0.05, 0) is 19.4 Å². The molecule has 0 radical (unpaired) electrons. The molecule has 1 aliphatic rings. The van der Waals surface area contributed by atoms with Crippen LogP contribution in [-0.4, -0.2) is 47.6 Å². The Morgan fingerprint density at radius 3 is 2.80 bits per heavy atom. The van der Waals surface area contributed by atoms with Crippen LogP contribution in [0.2, 0.25) is 0 Å². The summed E-state index contributed by atoms with van der Waals surface area (Å²) >= 11 is 0. The molecule has 0 aromatic rings. The number of aliphatic carboxylic acids is 1. The molecule has 5 nitrogen and oxygen atoms in total. The van der Waals surface area contributed by atoms with Gasteiger partial charge in [-0.3, -0.25) is 14.5 Å². The first-order valence-corrected chi connectivity index (χ1v) is 5.30. The van der Waals surface area contributed by atoms with Gasteiger partial charge in [0.15, 0.2) is 0 Å². The number of rotatable bonds is 4. The molecule has 1 fully saturated rings. The molecule has 0 aromatic carbocycles. The number of hydrogen-bond donors (Lipinski definition) is 2. The molecule has 1 amide bonds. The minimum Gasteiger partial charge on any atom is -0.480 e. The molecule has 5 heteroatoms. The van der Waals surface area contributed by atoms with Gasteiger partial charge in [0, 0.05) is 19.5 Å². The molecule has 0 spiro atoms. The summed E-state index contributed by atoms with van der Waals surface area (Å²) in [6.45, 7) is 2.92. The van der Waals surface area contributed by atoms with Gasteiger partial charge in [0.1, 0.15) is 0 Å². The van der Waals surface area contributed by atoms with E-state index in [0.717, 1.165) is 25.8 Å². The van der Waals surface area contributed by atoms with Crippen molar-refractivity contribution in [2.45, 2.75) is 32.2 Å². The molecule has 0 aromatic heterocycles. The Balaban J connectivity index is 2.42. The summed E-state index contributed by atoms with van der Waals surface area (Å²) in [4.78, 5) is 23.3. The predicted molar refractivity (Wildman–Crippen MR) is 55.5 cm³/mol. The van der Waals surface area contributed by atoms with Gasteiger partial charge < -0.3 is 10.4 Å². The number of carboxylic acid groups (broad SMARTS) is 1. The highest BCUT2D eigenvalue weighted by atomic mass is 16.4. The van der Waals surface area contributed by atoms with Gasteiger partial charge in [-0.15, -0.1) is 0 Å².